The van der Waals surface area contributed by atoms with E-state index in [1.165, 1.54) is 35.2 Å². The van der Waals surface area contributed by atoms with E-state index in [-0.39, 0.29) is 45.5 Å². The Morgan fingerprint density at radius 1 is 0.792 bits per heavy atom. The summed E-state index contributed by atoms with van der Waals surface area (Å²) in [6.07, 6.45) is 5.24. The van der Waals surface area contributed by atoms with Crippen molar-refractivity contribution in [2.75, 3.05) is 10.8 Å². The zero-order valence-corrected chi connectivity index (χ0v) is 29.6. The molecule has 2 amide bonds. The minimum absolute atomic E-state index is 0.0214. The second-order valence-corrected chi connectivity index (χ2v) is 15.2. The molecule has 0 aliphatic heterocycles. The van der Waals surface area contributed by atoms with Gasteiger partial charge in [-0.3, -0.25) is 13.9 Å². The van der Waals surface area contributed by atoms with E-state index in [0.717, 1.165) is 58.7 Å². The summed E-state index contributed by atoms with van der Waals surface area (Å²) < 4.78 is 29.6. The lowest BCUT2D eigenvalue weighted by Gasteiger charge is -2.35. The van der Waals surface area contributed by atoms with E-state index in [2.05, 4.69) is 5.32 Å². The van der Waals surface area contributed by atoms with Gasteiger partial charge in [0.05, 0.1) is 20.6 Å². The molecule has 0 heterocycles. The average molecular weight is 707 g/mol. The third-order valence-corrected chi connectivity index (χ3v) is 11.3. The van der Waals surface area contributed by atoms with Crippen molar-refractivity contribution >= 4 is 50.7 Å². The van der Waals surface area contributed by atoms with Crippen LogP contribution in [0.15, 0.2) is 102 Å². The molecule has 0 aromatic heterocycles. The van der Waals surface area contributed by atoms with E-state index >= 15 is 0 Å². The minimum atomic E-state index is -4.25. The first-order chi connectivity index (χ1) is 23.0. The van der Waals surface area contributed by atoms with E-state index in [4.69, 9.17) is 23.2 Å². The normalized spacial score (nSPS) is 14.2. The Labute approximate surface area is 293 Å². The largest absolute Gasteiger partial charge is 0.352 e. The summed E-state index contributed by atoms with van der Waals surface area (Å²) in [5, 5.41) is 3.64. The number of aryl methyl sites for hydroxylation is 2. The molecule has 0 bridgehead atoms. The van der Waals surface area contributed by atoms with Crippen LogP contribution in [-0.2, 0) is 32.6 Å². The Balaban J connectivity index is 1.58. The van der Waals surface area contributed by atoms with Gasteiger partial charge in [0.25, 0.3) is 10.0 Å². The van der Waals surface area contributed by atoms with Crippen LogP contribution in [0.3, 0.4) is 0 Å². The summed E-state index contributed by atoms with van der Waals surface area (Å²) in [6.45, 7) is 3.37. The molecule has 1 fully saturated rings. The highest BCUT2D eigenvalue weighted by atomic mass is 35.5. The quantitative estimate of drug-likeness (QED) is 0.162. The summed E-state index contributed by atoms with van der Waals surface area (Å²) in [4.78, 5) is 30.5. The topological polar surface area (TPSA) is 86.8 Å². The van der Waals surface area contributed by atoms with Crippen LogP contribution >= 0.6 is 23.2 Å². The van der Waals surface area contributed by atoms with Crippen LogP contribution < -0.4 is 9.62 Å². The molecule has 48 heavy (non-hydrogen) atoms. The fraction of sp³-hybridized carbons (Fsp3) is 0.316. The standard InChI is InChI=1S/C38H41Cl2N3O4S/c1-27-16-19-33(20-17-27)48(46,47)43(32-18-21-34(39)35(40)24-32)26-37(44)42(25-30-13-9-10-28(2)22-30)36(23-29-11-5-3-6-12-29)38(45)41-31-14-7-4-8-15-31/h3,5-6,9-13,16-22,24,31,36H,4,7-8,14-15,23,25-26H2,1-2H3,(H,41,45)/t36-/m1/s1. The maximum atomic E-state index is 14.7. The maximum absolute atomic E-state index is 14.7. The van der Waals surface area contributed by atoms with Gasteiger partial charge >= 0.3 is 0 Å². The fourth-order valence-electron chi connectivity index (χ4n) is 6.11. The number of amides is 2. The van der Waals surface area contributed by atoms with Crippen LogP contribution in [0, 0.1) is 13.8 Å². The zero-order valence-electron chi connectivity index (χ0n) is 27.2. The lowest BCUT2D eigenvalue weighted by molar-refractivity contribution is -0.140. The Bertz CT molecular complexity index is 1830. The van der Waals surface area contributed by atoms with Gasteiger partial charge in [-0.1, -0.05) is 120 Å². The van der Waals surface area contributed by atoms with Crippen LogP contribution in [-0.4, -0.2) is 43.8 Å². The Morgan fingerprint density at radius 2 is 1.48 bits per heavy atom. The molecule has 0 spiro atoms. The van der Waals surface area contributed by atoms with Crippen molar-refractivity contribution in [3.8, 4) is 0 Å². The van der Waals surface area contributed by atoms with Crippen LogP contribution in [0.5, 0.6) is 0 Å². The zero-order chi connectivity index (χ0) is 34.3. The monoisotopic (exact) mass is 705 g/mol. The molecule has 4 aromatic carbocycles. The second-order valence-electron chi connectivity index (χ2n) is 12.5. The van der Waals surface area contributed by atoms with Crippen molar-refractivity contribution in [1.82, 2.24) is 10.2 Å². The predicted octanol–water partition coefficient (Wildman–Crippen LogP) is 7.89. The molecule has 7 nitrogen and oxygen atoms in total. The molecular formula is C38H41Cl2N3O4S. The first-order valence-corrected chi connectivity index (χ1v) is 18.4. The van der Waals surface area contributed by atoms with Crippen molar-refractivity contribution < 1.29 is 18.0 Å². The predicted molar refractivity (Wildman–Crippen MR) is 193 cm³/mol. The molecule has 1 aliphatic carbocycles. The van der Waals surface area contributed by atoms with Crippen molar-refractivity contribution in [2.45, 2.75) is 75.9 Å². The van der Waals surface area contributed by atoms with Gasteiger partial charge in [0.2, 0.25) is 11.8 Å². The van der Waals surface area contributed by atoms with Gasteiger partial charge < -0.3 is 10.2 Å². The van der Waals surface area contributed by atoms with Crippen molar-refractivity contribution in [1.29, 1.82) is 0 Å². The van der Waals surface area contributed by atoms with Gasteiger partial charge in [-0.2, -0.15) is 0 Å². The molecule has 1 atom stereocenters. The molecule has 10 heteroatoms. The number of benzene rings is 4. The van der Waals surface area contributed by atoms with E-state index < -0.39 is 28.5 Å². The molecule has 1 N–H and O–H groups in total. The first kappa shape index (κ1) is 35.5. The van der Waals surface area contributed by atoms with E-state index in [1.54, 1.807) is 12.1 Å². The average Bonchev–Trinajstić information content (AvgIpc) is 3.07. The number of halogens is 2. The number of hydrogen-bond acceptors (Lipinski definition) is 4. The first-order valence-electron chi connectivity index (χ1n) is 16.2. The minimum Gasteiger partial charge on any atom is -0.352 e. The number of carbonyl (C=O) groups is 2. The van der Waals surface area contributed by atoms with Crippen LogP contribution in [0.4, 0.5) is 5.69 Å². The molecule has 4 aromatic rings. The highest BCUT2D eigenvalue weighted by Gasteiger charge is 2.35. The van der Waals surface area contributed by atoms with Gasteiger partial charge in [0, 0.05) is 19.0 Å². The number of sulfonamides is 1. The highest BCUT2D eigenvalue weighted by molar-refractivity contribution is 7.92. The molecular weight excluding hydrogens is 665 g/mol. The molecule has 252 valence electrons. The second kappa shape index (κ2) is 16.0. The van der Waals surface area contributed by atoms with Crippen molar-refractivity contribution in [3.05, 3.63) is 129 Å². The van der Waals surface area contributed by atoms with Gasteiger partial charge in [0.15, 0.2) is 0 Å². The number of rotatable bonds is 12. The third-order valence-electron chi connectivity index (χ3n) is 8.74. The molecule has 1 saturated carbocycles. The highest BCUT2D eigenvalue weighted by Crippen LogP contribution is 2.31. The van der Waals surface area contributed by atoms with Crippen LogP contribution in [0.2, 0.25) is 10.0 Å². The smallest absolute Gasteiger partial charge is 0.264 e. The Kier molecular flexibility index (Phi) is 11.8. The van der Waals surface area contributed by atoms with Gasteiger partial charge in [-0.25, -0.2) is 8.42 Å². The summed E-state index contributed by atoms with van der Waals surface area (Å²) in [5.74, 6) is -0.785. The molecule has 1 aliphatic rings. The lowest BCUT2D eigenvalue weighted by atomic mass is 9.94. The van der Waals surface area contributed by atoms with Crippen LogP contribution in [0.1, 0.15) is 54.4 Å². The summed E-state index contributed by atoms with van der Waals surface area (Å²) in [7, 11) is -4.25. The number of nitrogens with zero attached hydrogens (tertiary/aromatic N) is 2. The van der Waals surface area contributed by atoms with Crippen molar-refractivity contribution in [3.63, 3.8) is 0 Å². The summed E-state index contributed by atoms with van der Waals surface area (Å²) >= 11 is 12.6. The van der Waals surface area contributed by atoms with E-state index in [0.29, 0.717) is 0 Å². The number of carbonyl (C=O) groups excluding carboxylic acids is 2. The third kappa shape index (κ3) is 8.98. The summed E-state index contributed by atoms with van der Waals surface area (Å²) in [5.41, 5.74) is 3.79. The molecule has 5 rings (SSSR count). The number of hydrogen-bond donors (Lipinski definition) is 1. The van der Waals surface area contributed by atoms with Gasteiger partial charge in [-0.15, -0.1) is 0 Å². The van der Waals surface area contributed by atoms with E-state index in [9.17, 15) is 18.0 Å². The lowest BCUT2D eigenvalue weighted by Crippen LogP contribution is -2.55. The van der Waals surface area contributed by atoms with E-state index in [1.807, 2.05) is 68.4 Å². The SMILES string of the molecule is Cc1ccc(S(=O)(=O)N(CC(=O)N(Cc2cccc(C)c2)[C@H](Cc2ccccc2)C(=O)NC2CCCCC2)c2ccc(Cl)c(Cl)c2)cc1. The Morgan fingerprint density at radius 3 is 2.15 bits per heavy atom. The Hall–Kier alpha value is -3.85. The van der Waals surface area contributed by atoms with Gasteiger partial charge in [0.1, 0.15) is 12.6 Å². The molecule has 0 unspecified atom stereocenters. The summed E-state index contributed by atoms with van der Waals surface area (Å²) in [6, 6.07) is 27.3. The van der Waals surface area contributed by atoms with Crippen LogP contribution in [0.25, 0.3) is 0 Å². The number of anilines is 1. The molecule has 0 saturated heterocycles. The fourth-order valence-corrected chi connectivity index (χ4v) is 7.81. The van der Waals surface area contributed by atoms with Gasteiger partial charge in [-0.05, 0) is 68.1 Å². The maximum Gasteiger partial charge on any atom is 0.264 e. The number of nitrogens with one attached hydrogen (secondary N) is 1. The van der Waals surface area contributed by atoms with Crippen molar-refractivity contribution in [2.24, 2.45) is 0 Å². The molecule has 0 radical (unpaired) electrons.